The quantitative estimate of drug-likeness (QED) is 0.572. The third-order valence-corrected chi connectivity index (χ3v) is 3.25. The fourth-order valence-electron chi connectivity index (χ4n) is 1.83. The number of carbonyl (C=O) groups is 1. The van der Waals surface area contributed by atoms with Crippen molar-refractivity contribution < 1.29 is 32.2 Å². The molecule has 0 aliphatic heterocycles. The van der Waals surface area contributed by atoms with Crippen LogP contribution < -0.4 is 16.1 Å². The van der Waals surface area contributed by atoms with E-state index in [1.54, 1.807) is 18.2 Å². The van der Waals surface area contributed by atoms with Crippen molar-refractivity contribution in [2.45, 2.75) is 25.4 Å². The second kappa shape index (κ2) is 10.0. The Bertz CT molecular complexity index is 792. The van der Waals surface area contributed by atoms with E-state index in [1.807, 2.05) is 0 Å². The van der Waals surface area contributed by atoms with Crippen molar-refractivity contribution in [1.29, 1.82) is 0 Å². The fourth-order valence-corrected chi connectivity index (χ4v) is 2.00. The highest BCUT2D eigenvalue weighted by Gasteiger charge is 2.38. The van der Waals surface area contributed by atoms with Crippen molar-refractivity contribution in [2.75, 3.05) is 13.2 Å². The Kier molecular flexibility index (Phi) is 8.40. The number of benzene rings is 1. The van der Waals surface area contributed by atoms with Crippen LogP contribution in [0.1, 0.15) is 19.3 Å². The second-order valence-electron chi connectivity index (χ2n) is 5.07. The van der Waals surface area contributed by atoms with Crippen LogP contribution in [0.5, 0.6) is 5.75 Å². The molecule has 0 aliphatic rings. The van der Waals surface area contributed by atoms with Gasteiger partial charge in [-0.3, -0.25) is 0 Å². The van der Waals surface area contributed by atoms with E-state index >= 15 is 0 Å². The lowest BCUT2D eigenvalue weighted by Gasteiger charge is -2.08. The average molecular weight is 396 g/mol. The molecule has 0 fully saturated rings. The molecule has 10 heteroatoms. The molecule has 0 spiro atoms. The first kappa shape index (κ1) is 21.8. The summed E-state index contributed by atoms with van der Waals surface area (Å²) in [6, 6.07) is 6.43. The Balaban J connectivity index is 0.000000412. The Hall–Kier alpha value is -2.26. The highest BCUT2D eigenvalue weighted by atomic mass is 35.5. The first-order chi connectivity index (χ1) is 12.1. The number of carboxylic acid groups (broad SMARTS) is 1. The monoisotopic (exact) mass is 395 g/mol. The van der Waals surface area contributed by atoms with Gasteiger partial charge in [0.1, 0.15) is 11.3 Å². The molecule has 0 aliphatic carbocycles. The number of nitrogens with two attached hydrogens (primary N) is 1. The van der Waals surface area contributed by atoms with E-state index in [0.717, 1.165) is 19.3 Å². The van der Waals surface area contributed by atoms with Crippen LogP contribution in [0.3, 0.4) is 0 Å². The lowest BCUT2D eigenvalue weighted by atomic mass is 10.2. The van der Waals surface area contributed by atoms with Crippen LogP contribution in [0.4, 0.5) is 13.2 Å². The molecular formula is C16H17ClF3NO5. The van der Waals surface area contributed by atoms with E-state index in [-0.39, 0.29) is 0 Å². The maximum Gasteiger partial charge on any atom is 0.490 e. The third kappa shape index (κ3) is 7.32. The van der Waals surface area contributed by atoms with Crippen LogP contribution in [-0.4, -0.2) is 30.4 Å². The highest BCUT2D eigenvalue weighted by molar-refractivity contribution is 6.31. The van der Waals surface area contributed by atoms with Gasteiger partial charge >= 0.3 is 17.8 Å². The highest BCUT2D eigenvalue weighted by Crippen LogP contribution is 2.26. The van der Waals surface area contributed by atoms with E-state index in [4.69, 9.17) is 36.4 Å². The van der Waals surface area contributed by atoms with Crippen molar-refractivity contribution in [1.82, 2.24) is 0 Å². The van der Waals surface area contributed by atoms with Crippen molar-refractivity contribution in [2.24, 2.45) is 5.73 Å². The summed E-state index contributed by atoms with van der Waals surface area (Å²) in [5, 5.41) is 8.42. The van der Waals surface area contributed by atoms with Crippen LogP contribution in [-0.2, 0) is 4.79 Å². The average Bonchev–Trinajstić information content (AvgIpc) is 2.54. The summed E-state index contributed by atoms with van der Waals surface area (Å²) < 4.78 is 42.5. The Morgan fingerprint density at radius 3 is 2.46 bits per heavy atom. The molecule has 2 rings (SSSR count). The topological polar surface area (TPSA) is 103 Å². The number of hydrogen-bond acceptors (Lipinski definition) is 5. The molecule has 144 valence electrons. The lowest BCUT2D eigenvalue weighted by molar-refractivity contribution is -0.192. The minimum atomic E-state index is -5.08. The van der Waals surface area contributed by atoms with Crippen LogP contribution >= 0.6 is 11.6 Å². The van der Waals surface area contributed by atoms with E-state index in [2.05, 4.69) is 0 Å². The van der Waals surface area contributed by atoms with Gasteiger partial charge in [-0.25, -0.2) is 9.59 Å². The van der Waals surface area contributed by atoms with Gasteiger partial charge in [0.25, 0.3) is 0 Å². The summed E-state index contributed by atoms with van der Waals surface area (Å²) in [5.74, 6) is -2.24. The van der Waals surface area contributed by atoms with Gasteiger partial charge in [-0.15, -0.1) is 0 Å². The van der Waals surface area contributed by atoms with Gasteiger partial charge in [0.15, 0.2) is 0 Å². The van der Waals surface area contributed by atoms with Crippen LogP contribution in [0.15, 0.2) is 33.5 Å². The van der Waals surface area contributed by atoms with Gasteiger partial charge in [0.05, 0.1) is 18.1 Å². The van der Waals surface area contributed by atoms with E-state index in [9.17, 15) is 18.0 Å². The van der Waals surface area contributed by atoms with Gasteiger partial charge in [-0.05, 0) is 44.0 Å². The number of alkyl halides is 3. The zero-order valence-electron chi connectivity index (χ0n) is 13.5. The number of rotatable bonds is 6. The zero-order valence-corrected chi connectivity index (χ0v) is 14.3. The van der Waals surface area contributed by atoms with Gasteiger partial charge in [-0.1, -0.05) is 11.6 Å². The molecule has 1 heterocycles. The predicted octanol–water partition coefficient (Wildman–Crippen LogP) is 3.59. The smallest absolute Gasteiger partial charge is 0.490 e. The van der Waals surface area contributed by atoms with Gasteiger partial charge < -0.3 is 20.0 Å². The molecule has 26 heavy (non-hydrogen) atoms. The van der Waals surface area contributed by atoms with Gasteiger partial charge in [0, 0.05) is 5.02 Å². The minimum absolute atomic E-state index is 0.424. The standard InChI is InChI=1S/C14H16ClNO3.C2HF3O2/c15-10-4-5-12-11(8-10)13(9-14(17)19-12)18-7-3-1-2-6-16;3-2(4,5)1(6)7/h4-5,8-9H,1-3,6-7,16H2;(H,6,7). The zero-order chi connectivity index (χ0) is 19.7. The second-order valence-corrected chi connectivity index (χ2v) is 5.51. The molecule has 0 saturated carbocycles. The molecule has 6 nitrogen and oxygen atoms in total. The molecule has 2 aromatic rings. The van der Waals surface area contributed by atoms with Crippen molar-refractivity contribution in [3.05, 3.63) is 39.7 Å². The number of fused-ring (bicyclic) bond motifs is 1. The first-order valence-corrected chi connectivity index (χ1v) is 7.89. The van der Waals surface area contributed by atoms with Crippen molar-refractivity contribution in [3.8, 4) is 5.75 Å². The van der Waals surface area contributed by atoms with Crippen molar-refractivity contribution >= 4 is 28.5 Å². The molecule has 3 N–H and O–H groups in total. The summed E-state index contributed by atoms with van der Waals surface area (Å²) in [4.78, 5) is 20.3. The maximum absolute atomic E-state index is 11.4. The largest absolute Gasteiger partial charge is 0.493 e. The lowest BCUT2D eigenvalue weighted by Crippen LogP contribution is -2.21. The molecule has 0 atom stereocenters. The molecule has 1 aromatic carbocycles. The number of carboxylic acids is 1. The molecule has 0 saturated heterocycles. The minimum Gasteiger partial charge on any atom is -0.493 e. The van der Waals surface area contributed by atoms with Crippen LogP contribution in [0.25, 0.3) is 11.0 Å². The Labute approximate surface area is 151 Å². The number of hydrogen-bond donors (Lipinski definition) is 2. The maximum atomic E-state index is 11.4. The number of unbranched alkanes of at least 4 members (excludes halogenated alkanes) is 2. The summed E-state index contributed by atoms with van der Waals surface area (Å²) in [7, 11) is 0. The number of ether oxygens (including phenoxy) is 1. The van der Waals surface area contributed by atoms with E-state index in [1.165, 1.54) is 6.07 Å². The predicted molar refractivity (Wildman–Crippen MR) is 89.6 cm³/mol. The van der Waals surface area contributed by atoms with E-state index < -0.39 is 17.8 Å². The number of halogens is 4. The fraction of sp³-hybridized carbons (Fsp3) is 0.375. The Morgan fingerprint density at radius 2 is 1.88 bits per heavy atom. The summed E-state index contributed by atoms with van der Waals surface area (Å²) in [6.45, 7) is 1.23. The molecule has 0 radical (unpaired) electrons. The normalized spacial score (nSPS) is 11.0. The summed E-state index contributed by atoms with van der Waals surface area (Å²) in [5.41, 5.74) is 5.48. The third-order valence-electron chi connectivity index (χ3n) is 3.02. The first-order valence-electron chi connectivity index (χ1n) is 7.51. The van der Waals surface area contributed by atoms with Gasteiger partial charge in [0.2, 0.25) is 0 Å². The van der Waals surface area contributed by atoms with Crippen molar-refractivity contribution in [3.63, 3.8) is 0 Å². The number of aliphatic carboxylic acids is 1. The van der Waals surface area contributed by atoms with Crippen LogP contribution in [0, 0.1) is 0 Å². The Morgan fingerprint density at radius 1 is 1.23 bits per heavy atom. The molecule has 0 amide bonds. The van der Waals surface area contributed by atoms with Gasteiger partial charge in [-0.2, -0.15) is 13.2 Å². The molecule has 0 unspecified atom stereocenters. The SMILES string of the molecule is NCCCCCOc1cc(=O)oc2ccc(Cl)cc12.O=C(O)C(F)(F)F. The summed E-state index contributed by atoms with van der Waals surface area (Å²) in [6.07, 6.45) is -2.19. The summed E-state index contributed by atoms with van der Waals surface area (Å²) >= 11 is 5.94. The molecule has 1 aromatic heterocycles. The van der Waals surface area contributed by atoms with E-state index in [0.29, 0.717) is 34.9 Å². The van der Waals surface area contributed by atoms with Crippen LogP contribution in [0.2, 0.25) is 5.02 Å². The molecule has 0 bridgehead atoms. The molecular weight excluding hydrogens is 379 g/mol.